The molecular formula is C20H17ClN2O5. The second kappa shape index (κ2) is 8.63. The van der Waals surface area contributed by atoms with Crippen LogP contribution in [0.5, 0.6) is 11.5 Å². The number of anilines is 1. The van der Waals surface area contributed by atoms with E-state index in [4.69, 9.17) is 31.1 Å². The summed E-state index contributed by atoms with van der Waals surface area (Å²) in [5.41, 5.74) is 0.798. The first-order chi connectivity index (χ1) is 13.5. The molecule has 28 heavy (non-hydrogen) atoms. The topological polar surface area (TPSA) is 97.7 Å². The number of hydrogen-bond acceptors (Lipinski definition) is 6. The van der Waals surface area contributed by atoms with Crippen LogP contribution in [0, 0.1) is 11.3 Å². The van der Waals surface area contributed by atoms with E-state index in [9.17, 15) is 9.59 Å². The normalized spacial score (nSPS) is 13.6. The van der Waals surface area contributed by atoms with Gasteiger partial charge in [0.05, 0.1) is 35.1 Å². The monoisotopic (exact) mass is 400 g/mol. The minimum Gasteiger partial charge on any atom is -0.489 e. The van der Waals surface area contributed by atoms with Crippen LogP contribution in [0.15, 0.2) is 36.4 Å². The van der Waals surface area contributed by atoms with Crippen LogP contribution >= 0.6 is 11.6 Å². The number of rotatable bonds is 4. The number of amides is 1. The number of nitriles is 1. The van der Waals surface area contributed by atoms with Crippen LogP contribution in [0.25, 0.3) is 0 Å². The van der Waals surface area contributed by atoms with Crippen molar-refractivity contribution in [3.05, 3.63) is 52.5 Å². The van der Waals surface area contributed by atoms with Crippen molar-refractivity contribution < 1.29 is 23.8 Å². The molecule has 0 bridgehead atoms. The van der Waals surface area contributed by atoms with Crippen molar-refractivity contribution in [2.45, 2.75) is 19.4 Å². The minimum atomic E-state index is -1.09. The van der Waals surface area contributed by atoms with Gasteiger partial charge in [-0.15, -0.1) is 0 Å². The third-order valence-electron chi connectivity index (χ3n) is 4.00. The van der Waals surface area contributed by atoms with Crippen molar-refractivity contribution >= 4 is 29.2 Å². The van der Waals surface area contributed by atoms with Crippen molar-refractivity contribution in [1.29, 1.82) is 5.26 Å². The van der Waals surface area contributed by atoms with Crippen molar-refractivity contribution in [2.75, 3.05) is 18.5 Å². The number of carbonyl (C=O) groups excluding carboxylic acids is 2. The van der Waals surface area contributed by atoms with Crippen molar-refractivity contribution in [3.63, 3.8) is 0 Å². The van der Waals surface area contributed by atoms with E-state index < -0.39 is 18.0 Å². The van der Waals surface area contributed by atoms with Crippen LogP contribution in [0.1, 0.15) is 29.3 Å². The van der Waals surface area contributed by atoms with Crippen LogP contribution in [0.4, 0.5) is 5.69 Å². The smallest absolute Gasteiger partial charge is 0.339 e. The quantitative estimate of drug-likeness (QED) is 0.788. The number of hydrogen-bond donors (Lipinski definition) is 1. The average molecular weight is 401 g/mol. The summed E-state index contributed by atoms with van der Waals surface area (Å²) in [5, 5.41) is 11.9. The lowest BCUT2D eigenvalue weighted by Crippen LogP contribution is -2.30. The van der Waals surface area contributed by atoms with Gasteiger partial charge in [0.25, 0.3) is 5.91 Å². The van der Waals surface area contributed by atoms with Gasteiger partial charge in [0.1, 0.15) is 6.07 Å². The van der Waals surface area contributed by atoms with E-state index in [0.29, 0.717) is 42.4 Å². The van der Waals surface area contributed by atoms with Gasteiger partial charge >= 0.3 is 5.97 Å². The van der Waals surface area contributed by atoms with Crippen LogP contribution in [-0.4, -0.2) is 31.2 Å². The van der Waals surface area contributed by atoms with E-state index >= 15 is 0 Å². The fourth-order valence-electron chi connectivity index (χ4n) is 2.55. The summed E-state index contributed by atoms with van der Waals surface area (Å²) >= 11 is 6.18. The number of benzene rings is 2. The number of halogens is 1. The molecule has 1 N–H and O–H groups in total. The zero-order valence-electron chi connectivity index (χ0n) is 15.0. The Kier molecular flexibility index (Phi) is 6.02. The third kappa shape index (κ3) is 4.35. The molecule has 1 atom stereocenters. The number of ether oxygens (including phenoxy) is 3. The number of nitrogens with zero attached hydrogens (tertiary/aromatic N) is 1. The predicted molar refractivity (Wildman–Crippen MR) is 102 cm³/mol. The van der Waals surface area contributed by atoms with Crippen LogP contribution in [-0.2, 0) is 9.53 Å². The first kappa shape index (κ1) is 19.5. The van der Waals surface area contributed by atoms with Crippen LogP contribution in [0.3, 0.4) is 0 Å². The molecule has 0 fully saturated rings. The third-order valence-corrected chi connectivity index (χ3v) is 4.28. The molecule has 0 saturated heterocycles. The summed E-state index contributed by atoms with van der Waals surface area (Å²) in [6, 6.07) is 11.4. The van der Waals surface area contributed by atoms with Crippen molar-refractivity contribution in [1.82, 2.24) is 0 Å². The SMILES string of the molecule is CC(OC(=O)c1cc(Cl)c2c(c1)OCCCO2)C(=O)Nc1ccccc1C#N. The molecule has 1 amide bonds. The van der Waals surface area contributed by atoms with Crippen molar-refractivity contribution in [2.24, 2.45) is 0 Å². The average Bonchev–Trinajstić information content (AvgIpc) is 2.94. The van der Waals surface area contributed by atoms with Crippen LogP contribution in [0.2, 0.25) is 5.02 Å². The molecule has 1 aliphatic rings. The second-order valence-electron chi connectivity index (χ2n) is 6.03. The molecule has 1 aliphatic heterocycles. The number of carbonyl (C=O) groups is 2. The molecule has 0 aliphatic carbocycles. The minimum absolute atomic E-state index is 0.145. The molecule has 0 aromatic heterocycles. The summed E-state index contributed by atoms with van der Waals surface area (Å²) in [6.07, 6.45) is -0.388. The molecule has 0 spiro atoms. The van der Waals surface area contributed by atoms with Crippen molar-refractivity contribution in [3.8, 4) is 17.6 Å². The van der Waals surface area contributed by atoms with Gasteiger partial charge in [-0.25, -0.2) is 4.79 Å². The molecule has 8 heteroatoms. The maximum Gasteiger partial charge on any atom is 0.339 e. The number of fused-ring (bicyclic) bond motifs is 1. The van der Waals surface area contributed by atoms with E-state index in [2.05, 4.69) is 5.32 Å². The van der Waals surface area contributed by atoms with Gasteiger partial charge < -0.3 is 19.5 Å². The Hall–Kier alpha value is -3.24. The molecular weight excluding hydrogens is 384 g/mol. The highest BCUT2D eigenvalue weighted by Gasteiger charge is 2.23. The first-order valence-corrected chi connectivity index (χ1v) is 8.97. The summed E-state index contributed by atoms with van der Waals surface area (Å²) in [7, 11) is 0. The lowest BCUT2D eigenvalue weighted by Gasteiger charge is -2.15. The molecule has 3 rings (SSSR count). The lowest BCUT2D eigenvalue weighted by molar-refractivity contribution is -0.123. The Morgan fingerprint density at radius 1 is 1.25 bits per heavy atom. The van der Waals surface area contributed by atoms with E-state index in [-0.39, 0.29) is 10.6 Å². The molecule has 144 valence electrons. The number of esters is 1. The predicted octanol–water partition coefficient (Wildman–Crippen LogP) is 3.56. The van der Waals surface area contributed by atoms with E-state index in [1.165, 1.54) is 19.1 Å². The van der Waals surface area contributed by atoms with Gasteiger partial charge in [0, 0.05) is 6.42 Å². The molecule has 1 heterocycles. The molecule has 0 radical (unpaired) electrons. The number of nitrogens with one attached hydrogen (secondary N) is 1. The lowest BCUT2D eigenvalue weighted by atomic mass is 10.2. The zero-order chi connectivity index (χ0) is 20.1. The highest BCUT2D eigenvalue weighted by Crippen LogP contribution is 2.38. The fraction of sp³-hybridized carbons (Fsp3) is 0.250. The van der Waals surface area contributed by atoms with Gasteiger partial charge in [0.2, 0.25) is 0 Å². The van der Waals surface area contributed by atoms with Gasteiger partial charge in [-0.2, -0.15) is 5.26 Å². The van der Waals surface area contributed by atoms with Gasteiger partial charge in [-0.05, 0) is 31.2 Å². The van der Waals surface area contributed by atoms with Crippen LogP contribution < -0.4 is 14.8 Å². The van der Waals surface area contributed by atoms with Gasteiger partial charge in [0.15, 0.2) is 17.6 Å². The molecule has 2 aromatic rings. The summed E-state index contributed by atoms with van der Waals surface area (Å²) in [6.45, 7) is 2.35. The molecule has 0 saturated carbocycles. The fourth-order valence-corrected chi connectivity index (χ4v) is 2.82. The second-order valence-corrected chi connectivity index (χ2v) is 6.44. The molecule has 2 aromatic carbocycles. The number of para-hydroxylation sites is 1. The summed E-state index contributed by atoms with van der Waals surface area (Å²) in [5.74, 6) is -0.545. The Morgan fingerprint density at radius 3 is 2.79 bits per heavy atom. The largest absolute Gasteiger partial charge is 0.489 e. The maximum absolute atomic E-state index is 12.4. The Morgan fingerprint density at radius 2 is 2.00 bits per heavy atom. The molecule has 7 nitrogen and oxygen atoms in total. The zero-order valence-corrected chi connectivity index (χ0v) is 15.8. The highest BCUT2D eigenvalue weighted by molar-refractivity contribution is 6.32. The highest BCUT2D eigenvalue weighted by atomic mass is 35.5. The van der Waals surface area contributed by atoms with Gasteiger partial charge in [-0.1, -0.05) is 23.7 Å². The maximum atomic E-state index is 12.4. The van der Waals surface area contributed by atoms with E-state index in [0.717, 1.165) is 0 Å². The summed E-state index contributed by atoms with van der Waals surface area (Å²) in [4.78, 5) is 24.8. The Labute approximate surface area is 166 Å². The Bertz CT molecular complexity index is 954. The first-order valence-electron chi connectivity index (χ1n) is 8.59. The van der Waals surface area contributed by atoms with E-state index in [1.807, 2.05) is 6.07 Å². The van der Waals surface area contributed by atoms with E-state index in [1.54, 1.807) is 24.3 Å². The van der Waals surface area contributed by atoms with Gasteiger partial charge in [-0.3, -0.25) is 4.79 Å². The summed E-state index contributed by atoms with van der Waals surface area (Å²) < 4.78 is 16.3. The molecule has 1 unspecified atom stereocenters. The standard InChI is InChI=1S/C20H17ClN2O5/c1-12(19(24)23-16-6-3-2-5-13(16)11-22)28-20(25)14-9-15(21)18-17(10-14)26-7-4-8-27-18/h2-3,5-6,9-10,12H,4,7-8H2,1H3,(H,23,24). The Balaban J connectivity index is 1.70.